The number of nitrogens with zero attached hydrogens (tertiary/aromatic N) is 1. The molecule has 0 bridgehead atoms. The third-order valence-electron chi connectivity index (χ3n) is 4.72. The Morgan fingerprint density at radius 2 is 1.67 bits per heavy atom. The van der Waals surface area contributed by atoms with E-state index in [0.717, 1.165) is 31.2 Å². The fourth-order valence-corrected chi connectivity index (χ4v) is 5.54. The predicted molar refractivity (Wildman–Crippen MR) is 112 cm³/mol. The highest BCUT2D eigenvalue weighted by Gasteiger charge is 2.37. The number of aryl methyl sites for hydroxylation is 1. The van der Waals surface area contributed by atoms with Gasteiger partial charge in [0.15, 0.2) is 5.05 Å². The molecule has 0 radical (unpaired) electrons. The highest BCUT2D eigenvalue weighted by molar-refractivity contribution is 7.88. The molecule has 1 fully saturated rings. The molecule has 2 aromatic rings. The first-order chi connectivity index (χ1) is 13.1. The van der Waals surface area contributed by atoms with Crippen molar-refractivity contribution in [3.63, 3.8) is 0 Å². The number of hydrogen-bond acceptors (Lipinski definition) is 4. The lowest BCUT2D eigenvalue weighted by Gasteiger charge is -2.24. The summed E-state index contributed by atoms with van der Waals surface area (Å²) in [4.78, 5) is 0. The maximum Gasteiger partial charge on any atom is 0.218 e. The fourth-order valence-electron chi connectivity index (χ4n) is 3.37. The Bertz CT molecular complexity index is 838. The van der Waals surface area contributed by atoms with Crippen molar-refractivity contribution in [2.75, 3.05) is 13.2 Å². The molecule has 1 saturated heterocycles. The number of thiocarbonyl (C=S) groups is 1. The molecule has 144 valence electrons. The third kappa shape index (κ3) is 5.61. The Morgan fingerprint density at radius 1 is 1.04 bits per heavy atom. The topological polar surface area (TPSA) is 46.6 Å². The van der Waals surface area contributed by atoms with Crippen LogP contribution >= 0.6 is 12.2 Å². The second-order valence-corrected chi connectivity index (χ2v) is 9.09. The van der Waals surface area contributed by atoms with Crippen LogP contribution in [-0.4, -0.2) is 37.0 Å². The van der Waals surface area contributed by atoms with Gasteiger partial charge < -0.3 is 4.74 Å². The first-order valence-electron chi connectivity index (χ1n) is 9.30. The lowest BCUT2D eigenvalue weighted by molar-refractivity contribution is 0.277. The third-order valence-corrected chi connectivity index (χ3v) is 6.96. The van der Waals surface area contributed by atoms with Crippen LogP contribution < -0.4 is 0 Å². The minimum Gasteiger partial charge on any atom is -0.485 e. The lowest BCUT2D eigenvalue weighted by atomic mass is 10.1. The number of ether oxygens (including phenoxy) is 1. The average Bonchev–Trinajstić information content (AvgIpc) is 3.17. The van der Waals surface area contributed by atoms with E-state index < -0.39 is 10.0 Å². The molecule has 27 heavy (non-hydrogen) atoms. The van der Waals surface area contributed by atoms with Gasteiger partial charge in [-0.1, -0.05) is 60.7 Å². The van der Waals surface area contributed by atoms with Gasteiger partial charge in [0.25, 0.3) is 0 Å². The van der Waals surface area contributed by atoms with Gasteiger partial charge in [-0.15, -0.1) is 0 Å². The van der Waals surface area contributed by atoms with Crippen molar-refractivity contribution in [2.24, 2.45) is 0 Å². The first kappa shape index (κ1) is 20.0. The van der Waals surface area contributed by atoms with Crippen LogP contribution in [0.2, 0.25) is 0 Å². The quantitative estimate of drug-likeness (QED) is 0.494. The average molecular weight is 404 g/mol. The molecule has 3 rings (SSSR count). The summed E-state index contributed by atoms with van der Waals surface area (Å²) in [6.45, 7) is 1.02. The molecular weight excluding hydrogens is 378 g/mol. The Balaban J connectivity index is 1.53. The van der Waals surface area contributed by atoms with Crippen molar-refractivity contribution in [2.45, 2.75) is 37.5 Å². The summed E-state index contributed by atoms with van der Waals surface area (Å²) in [5.41, 5.74) is 2.05. The van der Waals surface area contributed by atoms with Crippen LogP contribution in [0.5, 0.6) is 0 Å². The van der Waals surface area contributed by atoms with Crippen LogP contribution in [0.3, 0.4) is 0 Å². The van der Waals surface area contributed by atoms with E-state index in [1.165, 1.54) is 9.87 Å². The highest BCUT2D eigenvalue weighted by Crippen LogP contribution is 2.25. The fraction of sp³-hybridized carbons (Fsp3) is 0.381. The van der Waals surface area contributed by atoms with E-state index >= 15 is 0 Å². The lowest BCUT2D eigenvalue weighted by Crippen LogP contribution is -2.41. The first-order valence-corrected chi connectivity index (χ1v) is 11.3. The Kier molecular flexibility index (Phi) is 6.99. The molecule has 0 unspecified atom stereocenters. The van der Waals surface area contributed by atoms with E-state index in [0.29, 0.717) is 18.2 Å². The zero-order chi connectivity index (χ0) is 19.1. The normalized spacial score (nSPS) is 17.7. The standard InChI is InChI=1S/C21H25NO3S2/c23-27(24,17-19-11-5-2-6-12-19)22-15-7-14-20(22)21(26)25-16-8-13-18-9-3-1-4-10-18/h1-6,9-12,20H,7-8,13-17H2/t20-/m0/s1. The highest BCUT2D eigenvalue weighted by atomic mass is 32.2. The zero-order valence-corrected chi connectivity index (χ0v) is 16.9. The molecule has 1 aliphatic rings. The van der Waals surface area contributed by atoms with Gasteiger partial charge in [-0.25, -0.2) is 8.42 Å². The molecule has 0 spiro atoms. The summed E-state index contributed by atoms with van der Waals surface area (Å²) in [5.74, 6) is 0.000953. The second kappa shape index (κ2) is 9.44. The maximum absolute atomic E-state index is 12.8. The molecule has 1 atom stereocenters. The van der Waals surface area contributed by atoms with Gasteiger partial charge in [-0.3, -0.25) is 0 Å². The molecule has 0 aromatic heterocycles. The van der Waals surface area contributed by atoms with Crippen LogP contribution in [0.1, 0.15) is 30.4 Å². The predicted octanol–water partition coefficient (Wildman–Crippen LogP) is 3.96. The molecule has 1 aliphatic heterocycles. The van der Waals surface area contributed by atoms with Crippen LogP contribution in [-0.2, 0) is 26.9 Å². The SMILES string of the molecule is O=S(=O)(Cc1ccccc1)N1CCC[C@H]1C(=S)OCCCc1ccccc1. The molecule has 2 aromatic carbocycles. The molecule has 6 heteroatoms. The van der Waals surface area contributed by atoms with Crippen molar-refractivity contribution < 1.29 is 13.2 Å². The Morgan fingerprint density at radius 3 is 2.33 bits per heavy atom. The molecule has 4 nitrogen and oxygen atoms in total. The Hall–Kier alpha value is -1.76. The van der Waals surface area contributed by atoms with Crippen LogP contribution in [0.4, 0.5) is 0 Å². The Labute approximate surface area is 167 Å². The molecule has 1 heterocycles. The second-order valence-electron chi connectivity index (χ2n) is 6.77. The summed E-state index contributed by atoms with van der Waals surface area (Å²) < 4.78 is 33.0. The number of rotatable bonds is 8. The monoisotopic (exact) mass is 403 g/mol. The maximum atomic E-state index is 12.8. The van der Waals surface area contributed by atoms with Crippen LogP contribution in [0.25, 0.3) is 0 Å². The number of sulfonamides is 1. The summed E-state index contributed by atoms with van der Waals surface area (Å²) >= 11 is 5.43. The molecule has 0 amide bonds. The van der Waals surface area contributed by atoms with Gasteiger partial charge in [0.1, 0.15) is 0 Å². The molecule has 0 saturated carbocycles. The van der Waals surface area contributed by atoms with E-state index in [4.69, 9.17) is 17.0 Å². The van der Waals surface area contributed by atoms with Gasteiger partial charge in [-0.2, -0.15) is 4.31 Å². The smallest absolute Gasteiger partial charge is 0.218 e. The van der Waals surface area contributed by atoms with E-state index in [1.54, 1.807) is 0 Å². The number of benzene rings is 2. The van der Waals surface area contributed by atoms with E-state index in [2.05, 4.69) is 12.1 Å². The van der Waals surface area contributed by atoms with Gasteiger partial charge in [0, 0.05) is 6.54 Å². The van der Waals surface area contributed by atoms with Gasteiger partial charge >= 0.3 is 0 Å². The summed E-state index contributed by atoms with van der Waals surface area (Å²) in [5, 5.41) is 0.400. The molecule has 0 aliphatic carbocycles. The van der Waals surface area contributed by atoms with Crippen molar-refractivity contribution in [1.82, 2.24) is 4.31 Å². The van der Waals surface area contributed by atoms with E-state index in [1.807, 2.05) is 48.5 Å². The van der Waals surface area contributed by atoms with E-state index in [9.17, 15) is 8.42 Å². The van der Waals surface area contributed by atoms with Crippen LogP contribution in [0, 0.1) is 0 Å². The largest absolute Gasteiger partial charge is 0.485 e. The summed E-state index contributed by atoms with van der Waals surface area (Å²) in [7, 11) is -3.41. The van der Waals surface area contributed by atoms with Crippen molar-refractivity contribution in [1.29, 1.82) is 0 Å². The number of hydrogen-bond donors (Lipinski definition) is 0. The summed E-state index contributed by atoms with van der Waals surface area (Å²) in [6.07, 6.45) is 3.31. The zero-order valence-electron chi connectivity index (χ0n) is 15.3. The molecular formula is C21H25NO3S2. The van der Waals surface area contributed by atoms with Gasteiger partial charge in [-0.05, 0) is 49.0 Å². The minimum atomic E-state index is -3.41. The van der Waals surface area contributed by atoms with Gasteiger partial charge in [0.2, 0.25) is 10.0 Å². The summed E-state index contributed by atoms with van der Waals surface area (Å²) in [6, 6.07) is 19.2. The van der Waals surface area contributed by atoms with Crippen molar-refractivity contribution >= 4 is 27.3 Å². The van der Waals surface area contributed by atoms with Crippen LogP contribution in [0.15, 0.2) is 60.7 Å². The van der Waals surface area contributed by atoms with Crippen molar-refractivity contribution in [3.05, 3.63) is 71.8 Å². The minimum absolute atomic E-state index is 0.000953. The van der Waals surface area contributed by atoms with Crippen molar-refractivity contribution in [3.8, 4) is 0 Å². The molecule has 0 N–H and O–H groups in total. The van der Waals surface area contributed by atoms with E-state index in [-0.39, 0.29) is 11.8 Å². The van der Waals surface area contributed by atoms with Gasteiger partial charge in [0.05, 0.1) is 18.4 Å².